The predicted molar refractivity (Wildman–Crippen MR) is 25.9 cm³/mol. The molecule has 1 nitrogen and oxygen atoms in total. The highest BCUT2D eigenvalue weighted by Crippen LogP contribution is 2.29. The molecule has 0 N–H and O–H groups in total. The Labute approximate surface area is 62.7 Å². The van der Waals surface area contributed by atoms with E-state index in [9.17, 15) is 22.0 Å². The largest absolute Gasteiger partial charge is 0.401 e. The summed E-state index contributed by atoms with van der Waals surface area (Å²) in [7, 11) is 0. The standard InChI is InChI=1S/C3H2BrF5O/c4-1(5)3(8,9)10-2(6)7/h1-2H/i1D. The number of hydrogen-bond donors (Lipinski definition) is 0. The zero-order valence-electron chi connectivity index (χ0n) is 5.25. The van der Waals surface area contributed by atoms with E-state index < -0.39 is 17.8 Å². The van der Waals surface area contributed by atoms with E-state index >= 15 is 0 Å². The SMILES string of the molecule is [2H]C(F)(Br)C(F)(F)OC(F)F. The molecule has 0 saturated carbocycles. The second-order valence-corrected chi connectivity index (χ2v) is 1.85. The molecule has 0 aromatic carbocycles. The summed E-state index contributed by atoms with van der Waals surface area (Å²) in [5, 5.41) is -4.05. The molecule has 0 aliphatic carbocycles. The van der Waals surface area contributed by atoms with Crippen LogP contribution in [0.5, 0.6) is 0 Å². The molecule has 0 heterocycles. The van der Waals surface area contributed by atoms with Gasteiger partial charge in [-0.15, -0.1) is 0 Å². The van der Waals surface area contributed by atoms with E-state index in [1.807, 2.05) is 0 Å². The first-order valence-corrected chi connectivity index (χ1v) is 2.68. The maximum Gasteiger partial charge on any atom is 0.401 e. The average Bonchev–Trinajstić information content (AvgIpc) is 1.56. The van der Waals surface area contributed by atoms with Crippen LogP contribution in [0.25, 0.3) is 0 Å². The van der Waals surface area contributed by atoms with Crippen LogP contribution in [0, 0.1) is 0 Å². The van der Waals surface area contributed by atoms with Crippen LogP contribution in [0.1, 0.15) is 1.37 Å². The number of rotatable bonds is 3. The summed E-state index contributed by atoms with van der Waals surface area (Å²) in [4.78, 5) is 0. The Morgan fingerprint density at radius 2 is 1.80 bits per heavy atom. The lowest BCUT2D eigenvalue weighted by molar-refractivity contribution is -0.328. The summed E-state index contributed by atoms with van der Waals surface area (Å²) >= 11 is 1.52. The quantitative estimate of drug-likeness (QED) is 0.534. The Balaban J connectivity index is 4.22. The van der Waals surface area contributed by atoms with Gasteiger partial charge in [0.05, 0.1) is 1.37 Å². The van der Waals surface area contributed by atoms with E-state index in [1.165, 1.54) is 15.9 Å². The Hall–Kier alpha value is 0.0900. The second-order valence-electron chi connectivity index (χ2n) is 1.16. The van der Waals surface area contributed by atoms with Gasteiger partial charge in [0.15, 0.2) is 0 Å². The van der Waals surface area contributed by atoms with Gasteiger partial charge in [-0.2, -0.15) is 17.6 Å². The zero-order chi connectivity index (χ0) is 9.28. The Morgan fingerprint density at radius 3 is 1.90 bits per heavy atom. The molecule has 10 heavy (non-hydrogen) atoms. The van der Waals surface area contributed by atoms with E-state index in [2.05, 4.69) is 4.74 Å². The number of halogens is 6. The van der Waals surface area contributed by atoms with Crippen molar-refractivity contribution in [2.24, 2.45) is 0 Å². The first kappa shape index (κ1) is 8.19. The molecule has 0 bridgehead atoms. The van der Waals surface area contributed by atoms with Crippen molar-refractivity contribution in [3.8, 4) is 0 Å². The van der Waals surface area contributed by atoms with Crippen LogP contribution in [0.2, 0.25) is 0 Å². The van der Waals surface area contributed by atoms with Gasteiger partial charge in [-0.25, -0.2) is 4.39 Å². The van der Waals surface area contributed by atoms with Gasteiger partial charge in [-0.3, -0.25) is 4.74 Å². The summed E-state index contributed by atoms with van der Waals surface area (Å²) in [5.41, 5.74) is 0. The molecular weight excluding hydrogens is 227 g/mol. The molecular formula is C3H2BrF5O. The van der Waals surface area contributed by atoms with Gasteiger partial charge < -0.3 is 0 Å². The van der Waals surface area contributed by atoms with Crippen molar-refractivity contribution in [3.63, 3.8) is 0 Å². The topological polar surface area (TPSA) is 9.23 Å². The van der Waals surface area contributed by atoms with E-state index in [-0.39, 0.29) is 0 Å². The summed E-state index contributed by atoms with van der Waals surface area (Å²) in [6.07, 6.45) is -4.87. The van der Waals surface area contributed by atoms with Crippen molar-refractivity contribution < 1.29 is 28.1 Å². The van der Waals surface area contributed by atoms with Gasteiger partial charge in [0.1, 0.15) is 0 Å². The van der Waals surface area contributed by atoms with Gasteiger partial charge in [0, 0.05) is 0 Å². The molecule has 0 rings (SSSR count). The summed E-state index contributed by atoms with van der Waals surface area (Å²) in [5.74, 6) is 0. The van der Waals surface area contributed by atoms with Crippen LogP contribution in [0.3, 0.4) is 0 Å². The highest BCUT2D eigenvalue weighted by Gasteiger charge is 2.42. The van der Waals surface area contributed by atoms with Crippen LogP contribution in [-0.2, 0) is 4.74 Å². The van der Waals surface area contributed by atoms with Gasteiger partial charge in [0.25, 0.3) is 0 Å². The summed E-state index contributed by atoms with van der Waals surface area (Å²) < 4.78 is 66.3. The minimum atomic E-state index is -4.87. The molecule has 62 valence electrons. The Morgan fingerprint density at radius 1 is 1.40 bits per heavy atom. The highest BCUT2D eigenvalue weighted by atomic mass is 79.9. The highest BCUT2D eigenvalue weighted by molar-refractivity contribution is 9.09. The van der Waals surface area contributed by atoms with Crippen LogP contribution in [0.15, 0.2) is 0 Å². The number of alkyl halides is 6. The van der Waals surface area contributed by atoms with Gasteiger partial charge in [-0.05, 0) is 15.9 Å². The van der Waals surface area contributed by atoms with Crippen molar-refractivity contribution >= 4 is 15.9 Å². The molecule has 0 saturated heterocycles. The van der Waals surface area contributed by atoms with Crippen LogP contribution in [-0.4, -0.2) is 17.8 Å². The van der Waals surface area contributed by atoms with E-state index in [0.29, 0.717) is 0 Å². The van der Waals surface area contributed by atoms with E-state index in [4.69, 9.17) is 1.37 Å². The first-order chi connectivity index (χ1) is 4.67. The Bertz CT molecular complexity index is 134. The van der Waals surface area contributed by atoms with Crippen molar-refractivity contribution in [1.82, 2.24) is 0 Å². The monoisotopic (exact) mass is 229 g/mol. The predicted octanol–water partition coefficient (Wildman–Crippen LogP) is 2.51. The average molecular weight is 230 g/mol. The molecule has 0 spiro atoms. The lowest BCUT2D eigenvalue weighted by atomic mass is 10.7. The maximum atomic E-state index is 11.9. The molecule has 1 unspecified atom stereocenters. The van der Waals surface area contributed by atoms with Crippen molar-refractivity contribution in [2.45, 2.75) is 17.8 Å². The van der Waals surface area contributed by atoms with E-state index in [1.54, 1.807) is 0 Å². The summed E-state index contributed by atoms with van der Waals surface area (Å²) in [6, 6.07) is 0. The molecule has 7 heteroatoms. The molecule has 0 aliphatic rings. The van der Waals surface area contributed by atoms with Crippen molar-refractivity contribution in [2.75, 3.05) is 0 Å². The van der Waals surface area contributed by atoms with Gasteiger partial charge >= 0.3 is 12.7 Å². The van der Waals surface area contributed by atoms with Crippen LogP contribution < -0.4 is 0 Å². The maximum absolute atomic E-state index is 11.9. The minimum Gasteiger partial charge on any atom is -0.255 e. The van der Waals surface area contributed by atoms with E-state index in [0.717, 1.165) is 0 Å². The molecule has 0 aromatic heterocycles. The number of hydrogen-bond acceptors (Lipinski definition) is 1. The fourth-order valence-electron chi connectivity index (χ4n) is 0.156. The summed E-state index contributed by atoms with van der Waals surface area (Å²) in [6.45, 7) is -3.83. The second kappa shape index (κ2) is 3.47. The molecule has 0 fully saturated rings. The number of ether oxygens (including phenoxy) is 1. The molecule has 0 aromatic rings. The fourth-order valence-corrected chi connectivity index (χ4v) is 0.250. The van der Waals surface area contributed by atoms with Crippen LogP contribution in [0.4, 0.5) is 22.0 Å². The lowest BCUT2D eigenvalue weighted by Gasteiger charge is -2.15. The normalized spacial score (nSPS) is 20.5. The third-order valence-electron chi connectivity index (χ3n) is 0.457. The minimum absolute atomic E-state index is 1.52. The first-order valence-electron chi connectivity index (χ1n) is 2.38. The molecule has 0 aliphatic heterocycles. The molecule has 1 atom stereocenters. The zero-order valence-corrected chi connectivity index (χ0v) is 5.84. The smallest absolute Gasteiger partial charge is 0.255 e. The van der Waals surface area contributed by atoms with Crippen molar-refractivity contribution in [3.05, 3.63) is 0 Å². The molecule has 0 amide bonds. The van der Waals surface area contributed by atoms with Crippen molar-refractivity contribution in [1.29, 1.82) is 0 Å². The molecule has 0 radical (unpaired) electrons. The van der Waals surface area contributed by atoms with Gasteiger partial charge in [0.2, 0.25) is 5.06 Å². The fraction of sp³-hybridized carbons (Fsp3) is 1.00. The van der Waals surface area contributed by atoms with Gasteiger partial charge in [-0.1, -0.05) is 0 Å². The van der Waals surface area contributed by atoms with Crippen LogP contribution >= 0.6 is 15.9 Å². The Kier molecular flexibility index (Phi) is 2.84. The third kappa shape index (κ3) is 3.31. The third-order valence-corrected chi connectivity index (χ3v) is 0.919. The lowest BCUT2D eigenvalue weighted by Crippen LogP contribution is -2.31.